The summed E-state index contributed by atoms with van der Waals surface area (Å²) in [5.74, 6) is -0.877. The molecule has 0 saturated carbocycles. The SMILES string of the molecule is CCCCCCCCCCCCCCCCCCC1(O)C[N+](C)(C)CCO1. The van der Waals surface area contributed by atoms with Crippen LogP contribution in [0, 0.1) is 0 Å². The van der Waals surface area contributed by atoms with Gasteiger partial charge >= 0.3 is 0 Å². The number of rotatable bonds is 17. The van der Waals surface area contributed by atoms with Gasteiger partial charge in [0.2, 0.25) is 5.79 Å². The minimum Gasteiger partial charge on any atom is -0.361 e. The van der Waals surface area contributed by atoms with Crippen molar-refractivity contribution in [3.05, 3.63) is 0 Å². The Kier molecular flexibility index (Phi) is 13.7. The van der Waals surface area contributed by atoms with Gasteiger partial charge in [0.25, 0.3) is 0 Å². The van der Waals surface area contributed by atoms with E-state index in [2.05, 4.69) is 21.0 Å². The van der Waals surface area contributed by atoms with E-state index in [-0.39, 0.29) is 0 Å². The van der Waals surface area contributed by atoms with Gasteiger partial charge in [-0.1, -0.05) is 103 Å². The standard InChI is InChI=1S/C24H50NO2/c1-4-5-6-7-8-9-10-11-12-13-14-15-16-17-18-19-20-24(26)23-25(2,3)21-22-27-24/h26H,4-23H2,1-3H3/q+1. The Labute approximate surface area is 170 Å². The molecule has 1 saturated heterocycles. The molecule has 0 spiro atoms. The fourth-order valence-corrected chi connectivity index (χ4v) is 4.38. The van der Waals surface area contributed by atoms with Gasteiger partial charge in [0.05, 0.1) is 20.7 Å². The van der Waals surface area contributed by atoms with Crippen molar-refractivity contribution in [3.63, 3.8) is 0 Å². The molecule has 0 bridgehead atoms. The van der Waals surface area contributed by atoms with Crippen molar-refractivity contribution in [3.8, 4) is 0 Å². The van der Waals surface area contributed by atoms with Crippen LogP contribution in [0.15, 0.2) is 0 Å². The van der Waals surface area contributed by atoms with Crippen molar-refractivity contribution in [1.82, 2.24) is 0 Å². The zero-order valence-corrected chi connectivity index (χ0v) is 18.9. The summed E-state index contributed by atoms with van der Waals surface area (Å²) in [7, 11) is 4.36. The highest BCUT2D eigenvalue weighted by molar-refractivity contribution is 4.70. The molecule has 1 N–H and O–H groups in total. The smallest absolute Gasteiger partial charge is 0.216 e. The summed E-state index contributed by atoms with van der Waals surface area (Å²) in [6.45, 7) is 4.70. The van der Waals surface area contributed by atoms with Crippen molar-refractivity contribution in [2.45, 2.75) is 122 Å². The number of hydrogen-bond acceptors (Lipinski definition) is 2. The Morgan fingerprint density at radius 2 is 1.11 bits per heavy atom. The molecule has 27 heavy (non-hydrogen) atoms. The number of nitrogens with zero attached hydrogens (tertiary/aromatic N) is 1. The minimum absolute atomic E-state index is 0.683. The first-order valence-corrected chi connectivity index (χ1v) is 12.2. The van der Waals surface area contributed by atoms with Crippen LogP contribution >= 0.6 is 0 Å². The molecule has 1 unspecified atom stereocenters. The number of likely N-dealkylation sites (N-methyl/N-ethyl adjacent to an activating group) is 1. The summed E-state index contributed by atoms with van der Waals surface area (Å²) in [6.07, 6.45) is 22.9. The number of ether oxygens (including phenoxy) is 1. The first kappa shape index (κ1) is 24.9. The lowest BCUT2D eigenvalue weighted by Gasteiger charge is -2.42. The van der Waals surface area contributed by atoms with Crippen LogP contribution < -0.4 is 0 Å². The molecule has 0 aromatic carbocycles. The lowest BCUT2D eigenvalue weighted by atomic mass is 10.0. The van der Waals surface area contributed by atoms with E-state index in [1.54, 1.807) is 0 Å². The summed E-state index contributed by atoms with van der Waals surface area (Å²) < 4.78 is 6.54. The highest BCUT2D eigenvalue weighted by Gasteiger charge is 2.39. The van der Waals surface area contributed by atoms with E-state index in [0.717, 1.165) is 30.4 Å². The first-order chi connectivity index (χ1) is 13.0. The molecule has 1 heterocycles. The second-order valence-electron chi connectivity index (χ2n) is 9.67. The summed E-state index contributed by atoms with van der Waals surface area (Å²) in [4.78, 5) is 0. The Morgan fingerprint density at radius 3 is 1.52 bits per heavy atom. The Bertz CT molecular complexity index is 345. The molecule has 3 nitrogen and oxygen atoms in total. The minimum atomic E-state index is -0.877. The van der Waals surface area contributed by atoms with E-state index >= 15 is 0 Å². The van der Waals surface area contributed by atoms with Gasteiger partial charge in [0.1, 0.15) is 13.1 Å². The molecule has 3 heteroatoms. The molecule has 0 aliphatic carbocycles. The number of morpholine rings is 1. The lowest BCUT2D eigenvalue weighted by molar-refractivity contribution is -0.911. The number of aliphatic hydroxyl groups is 1. The number of quaternary nitrogens is 1. The van der Waals surface area contributed by atoms with Gasteiger partial charge in [-0.25, -0.2) is 0 Å². The largest absolute Gasteiger partial charge is 0.361 e. The molecule has 1 fully saturated rings. The molecule has 1 aliphatic heterocycles. The summed E-state index contributed by atoms with van der Waals surface area (Å²) in [5, 5.41) is 10.6. The summed E-state index contributed by atoms with van der Waals surface area (Å²) in [5.41, 5.74) is 0. The normalized spacial score (nSPS) is 22.2. The van der Waals surface area contributed by atoms with Gasteiger partial charge in [0.15, 0.2) is 0 Å². The summed E-state index contributed by atoms with van der Waals surface area (Å²) >= 11 is 0. The maximum absolute atomic E-state index is 10.6. The predicted octanol–water partition coefficient (Wildman–Crippen LogP) is 6.43. The molecule has 0 radical (unpaired) electrons. The molecule has 162 valence electrons. The Balaban J connectivity index is 1.80. The van der Waals surface area contributed by atoms with Gasteiger partial charge in [0, 0.05) is 6.42 Å². The van der Waals surface area contributed by atoms with Crippen molar-refractivity contribution in [2.24, 2.45) is 0 Å². The first-order valence-electron chi connectivity index (χ1n) is 12.2. The molecule has 0 aromatic rings. The number of hydrogen-bond donors (Lipinski definition) is 1. The van der Waals surface area contributed by atoms with Gasteiger partial charge in [-0.15, -0.1) is 0 Å². The third-order valence-electron chi connectivity index (χ3n) is 6.16. The van der Waals surface area contributed by atoms with Crippen LogP contribution in [0.1, 0.15) is 116 Å². The van der Waals surface area contributed by atoms with E-state index in [1.807, 2.05) is 0 Å². The highest BCUT2D eigenvalue weighted by atomic mass is 16.6. The highest BCUT2D eigenvalue weighted by Crippen LogP contribution is 2.24. The van der Waals surface area contributed by atoms with Crippen molar-refractivity contribution >= 4 is 0 Å². The zero-order chi connectivity index (χ0) is 19.8. The van der Waals surface area contributed by atoms with E-state index in [1.165, 1.54) is 96.3 Å². The Morgan fingerprint density at radius 1 is 0.704 bits per heavy atom. The van der Waals surface area contributed by atoms with E-state index in [4.69, 9.17) is 4.74 Å². The van der Waals surface area contributed by atoms with Gasteiger partial charge in [-0.3, -0.25) is 0 Å². The maximum atomic E-state index is 10.6. The summed E-state index contributed by atoms with van der Waals surface area (Å²) in [6, 6.07) is 0. The van der Waals surface area contributed by atoms with Crippen LogP contribution in [0.3, 0.4) is 0 Å². The van der Waals surface area contributed by atoms with E-state index in [9.17, 15) is 5.11 Å². The van der Waals surface area contributed by atoms with Gasteiger partial charge in [-0.05, 0) is 6.42 Å². The van der Waals surface area contributed by atoms with Gasteiger partial charge < -0.3 is 14.3 Å². The maximum Gasteiger partial charge on any atom is 0.216 e. The van der Waals surface area contributed by atoms with Crippen molar-refractivity contribution in [2.75, 3.05) is 33.8 Å². The predicted molar refractivity (Wildman–Crippen MR) is 117 cm³/mol. The second-order valence-corrected chi connectivity index (χ2v) is 9.67. The van der Waals surface area contributed by atoms with Crippen LogP contribution in [0.5, 0.6) is 0 Å². The van der Waals surface area contributed by atoms with Crippen LogP contribution in [0.2, 0.25) is 0 Å². The third kappa shape index (κ3) is 13.7. The van der Waals surface area contributed by atoms with Crippen molar-refractivity contribution < 1.29 is 14.3 Å². The average Bonchev–Trinajstić information content (AvgIpc) is 2.60. The molecule has 1 rings (SSSR count). The molecule has 1 aliphatic rings. The molecular formula is C24H50NO2+. The second kappa shape index (κ2) is 14.8. The van der Waals surface area contributed by atoms with Crippen LogP contribution in [0.4, 0.5) is 0 Å². The molecule has 0 aromatic heterocycles. The fraction of sp³-hybridized carbons (Fsp3) is 1.00. The number of unbranched alkanes of at least 4 members (excludes halogenated alkanes) is 15. The lowest BCUT2D eigenvalue weighted by Crippen LogP contribution is -2.59. The van der Waals surface area contributed by atoms with Gasteiger partial charge in [-0.2, -0.15) is 0 Å². The Hall–Kier alpha value is -0.120. The monoisotopic (exact) mass is 384 g/mol. The average molecular weight is 385 g/mol. The quantitative estimate of drug-likeness (QED) is 0.231. The van der Waals surface area contributed by atoms with Crippen molar-refractivity contribution in [1.29, 1.82) is 0 Å². The zero-order valence-electron chi connectivity index (χ0n) is 18.9. The van der Waals surface area contributed by atoms with Crippen LogP contribution in [0.25, 0.3) is 0 Å². The van der Waals surface area contributed by atoms with E-state index in [0.29, 0.717) is 6.61 Å². The fourth-order valence-electron chi connectivity index (χ4n) is 4.38. The third-order valence-corrected chi connectivity index (χ3v) is 6.16. The van der Waals surface area contributed by atoms with Crippen LogP contribution in [-0.2, 0) is 4.74 Å². The molecular weight excluding hydrogens is 334 g/mol. The van der Waals surface area contributed by atoms with E-state index < -0.39 is 5.79 Å². The van der Waals surface area contributed by atoms with Crippen LogP contribution in [-0.4, -0.2) is 49.2 Å². The molecule has 1 atom stereocenters. The molecule has 0 amide bonds. The topological polar surface area (TPSA) is 29.5 Å².